The molecule has 0 aliphatic carbocycles. The second kappa shape index (κ2) is 13.9. The van der Waals surface area contributed by atoms with Crippen molar-refractivity contribution in [2.75, 3.05) is 7.11 Å². The molecule has 0 unspecified atom stereocenters. The molecule has 0 aliphatic heterocycles. The van der Waals surface area contributed by atoms with Crippen molar-refractivity contribution in [1.82, 2.24) is 9.97 Å². The van der Waals surface area contributed by atoms with Crippen molar-refractivity contribution in [3.8, 4) is 0 Å². The maximum absolute atomic E-state index is 11.2. The average Bonchev–Trinajstić information content (AvgIpc) is 2.81. The van der Waals surface area contributed by atoms with Crippen LogP contribution in [0.3, 0.4) is 0 Å². The maximum atomic E-state index is 11.2. The number of para-hydroxylation sites is 2. The number of aliphatic hydroxyl groups excluding tert-OH is 3. The number of hydrogen-bond acceptors (Lipinski definition) is 7. The Hall–Kier alpha value is -2.35. The number of nitrogens with zero attached hydrogens (tertiary/aromatic N) is 2. The highest BCUT2D eigenvalue weighted by Crippen LogP contribution is 2.24. The minimum Gasteiger partial charge on any atom is -0.469 e. The first kappa shape index (κ1) is 25.9. The Morgan fingerprint density at radius 1 is 1.00 bits per heavy atom. The number of aromatic nitrogens is 2. The number of carbonyl (C=O) groups is 1. The number of fused-ring (bicyclic) bond motifs is 1. The molecular weight excluding hydrogens is 408 g/mol. The third kappa shape index (κ3) is 8.30. The lowest BCUT2D eigenvalue weighted by Gasteiger charge is -2.16. The van der Waals surface area contributed by atoms with Crippen molar-refractivity contribution in [3.05, 3.63) is 41.7 Å². The van der Waals surface area contributed by atoms with Crippen LogP contribution in [0.1, 0.15) is 82.2 Å². The number of ether oxygens (including phenoxy) is 1. The molecule has 7 heteroatoms. The van der Waals surface area contributed by atoms with Crippen LogP contribution in [-0.4, -0.2) is 50.6 Å². The number of unbranched alkanes of at least 4 members (excludes halogenated alkanes) is 4. The Bertz CT molecular complexity index is 871. The fraction of sp³-hybridized carbons (Fsp3) is 0.560. The quantitative estimate of drug-likeness (QED) is 0.297. The molecule has 2 aromatic rings. The summed E-state index contributed by atoms with van der Waals surface area (Å²) in [5.41, 5.74) is 2.35. The highest BCUT2D eigenvalue weighted by atomic mass is 16.5. The zero-order valence-electron chi connectivity index (χ0n) is 19.1. The zero-order valence-corrected chi connectivity index (χ0v) is 19.1. The molecule has 176 valence electrons. The third-order valence-electron chi connectivity index (χ3n) is 5.48. The number of benzene rings is 1. The van der Waals surface area contributed by atoms with Crippen LogP contribution in [-0.2, 0) is 9.53 Å². The van der Waals surface area contributed by atoms with Crippen LogP contribution in [0.25, 0.3) is 17.1 Å². The summed E-state index contributed by atoms with van der Waals surface area (Å²) in [5.74, 6) is -0.345. The van der Waals surface area contributed by atoms with Gasteiger partial charge < -0.3 is 20.1 Å². The van der Waals surface area contributed by atoms with Crippen LogP contribution in [0.5, 0.6) is 0 Å². The molecule has 0 radical (unpaired) electrons. The molecular formula is C25H36N2O5. The van der Waals surface area contributed by atoms with Gasteiger partial charge in [0.1, 0.15) is 0 Å². The zero-order chi connectivity index (χ0) is 23.3. The summed E-state index contributed by atoms with van der Waals surface area (Å²) in [7, 11) is 1.32. The van der Waals surface area contributed by atoms with E-state index >= 15 is 0 Å². The van der Waals surface area contributed by atoms with Gasteiger partial charge in [-0.15, -0.1) is 0 Å². The monoisotopic (exact) mass is 444 g/mol. The number of esters is 1. The predicted molar refractivity (Wildman–Crippen MR) is 125 cm³/mol. The highest BCUT2D eigenvalue weighted by Gasteiger charge is 2.18. The Kier molecular flexibility index (Phi) is 11.3. The maximum Gasteiger partial charge on any atom is 0.305 e. The van der Waals surface area contributed by atoms with E-state index in [0.717, 1.165) is 19.3 Å². The van der Waals surface area contributed by atoms with Crippen molar-refractivity contribution < 1.29 is 24.9 Å². The van der Waals surface area contributed by atoms with Crippen LogP contribution >= 0.6 is 0 Å². The molecule has 1 aromatic carbocycles. The molecule has 0 fully saturated rings. The molecule has 0 aliphatic rings. The van der Waals surface area contributed by atoms with Crippen LogP contribution in [0.2, 0.25) is 0 Å². The molecule has 2 rings (SSSR count). The lowest BCUT2D eigenvalue weighted by Crippen LogP contribution is -2.23. The summed E-state index contributed by atoms with van der Waals surface area (Å²) in [5, 5.41) is 31.3. The molecule has 3 atom stereocenters. The van der Waals surface area contributed by atoms with Crippen molar-refractivity contribution in [2.45, 2.75) is 83.0 Å². The summed E-state index contributed by atoms with van der Waals surface area (Å²) in [6.07, 6.45) is 7.10. The number of rotatable bonds is 14. The van der Waals surface area contributed by atoms with E-state index in [1.807, 2.05) is 24.3 Å². The molecule has 0 amide bonds. The topological polar surface area (TPSA) is 113 Å². The van der Waals surface area contributed by atoms with E-state index in [1.54, 1.807) is 6.08 Å². The molecule has 0 saturated heterocycles. The molecule has 32 heavy (non-hydrogen) atoms. The standard InChI is InChI=1S/C25H36N2O5/c1-3-4-5-6-7-13-23(30)25-20(26-18-11-8-9-12-19(18)27-25)16-17-22(29)21(28)14-10-15-24(31)32-2/h8-9,11-12,16-17,21-23,28-30H,3-7,10,13-15H2,1-2H3/b17-16+/t21-,22+,23-/m0/s1. The molecule has 0 spiro atoms. The lowest BCUT2D eigenvalue weighted by molar-refractivity contribution is -0.140. The summed E-state index contributed by atoms with van der Waals surface area (Å²) in [6.45, 7) is 2.17. The first-order valence-electron chi connectivity index (χ1n) is 11.5. The van der Waals surface area contributed by atoms with Gasteiger partial charge in [-0.05, 0) is 37.5 Å². The van der Waals surface area contributed by atoms with E-state index in [9.17, 15) is 20.1 Å². The summed E-state index contributed by atoms with van der Waals surface area (Å²) >= 11 is 0. The fourth-order valence-electron chi connectivity index (χ4n) is 3.52. The third-order valence-corrected chi connectivity index (χ3v) is 5.48. The molecule has 0 saturated carbocycles. The van der Waals surface area contributed by atoms with Crippen molar-refractivity contribution in [3.63, 3.8) is 0 Å². The summed E-state index contributed by atoms with van der Waals surface area (Å²) in [6, 6.07) is 7.45. The minimum atomic E-state index is -1.13. The van der Waals surface area contributed by atoms with Gasteiger partial charge in [0.05, 0.1) is 47.8 Å². The van der Waals surface area contributed by atoms with E-state index in [2.05, 4.69) is 21.6 Å². The highest BCUT2D eigenvalue weighted by molar-refractivity contribution is 5.75. The van der Waals surface area contributed by atoms with Gasteiger partial charge in [-0.1, -0.05) is 57.2 Å². The summed E-state index contributed by atoms with van der Waals surface area (Å²) < 4.78 is 4.58. The largest absolute Gasteiger partial charge is 0.469 e. The number of aliphatic hydroxyl groups is 3. The van der Waals surface area contributed by atoms with Crippen molar-refractivity contribution in [2.24, 2.45) is 0 Å². The smallest absolute Gasteiger partial charge is 0.305 e. The first-order chi connectivity index (χ1) is 15.5. The summed E-state index contributed by atoms with van der Waals surface area (Å²) in [4.78, 5) is 20.4. The average molecular weight is 445 g/mol. The number of hydrogen-bond donors (Lipinski definition) is 3. The van der Waals surface area contributed by atoms with Crippen LogP contribution in [0, 0.1) is 0 Å². The Morgan fingerprint density at radius 2 is 1.69 bits per heavy atom. The van der Waals surface area contributed by atoms with Crippen LogP contribution in [0.15, 0.2) is 30.3 Å². The molecule has 1 aromatic heterocycles. The van der Waals surface area contributed by atoms with Crippen molar-refractivity contribution in [1.29, 1.82) is 0 Å². The van der Waals surface area contributed by atoms with Gasteiger partial charge in [-0.3, -0.25) is 4.79 Å². The Balaban J connectivity index is 2.10. The van der Waals surface area contributed by atoms with E-state index in [1.165, 1.54) is 26.0 Å². The van der Waals surface area contributed by atoms with Gasteiger partial charge in [0.2, 0.25) is 0 Å². The van der Waals surface area contributed by atoms with Crippen molar-refractivity contribution >= 4 is 23.1 Å². The van der Waals surface area contributed by atoms with E-state index < -0.39 is 18.3 Å². The molecule has 7 nitrogen and oxygen atoms in total. The van der Waals surface area contributed by atoms with Gasteiger partial charge in [0, 0.05) is 6.42 Å². The fourth-order valence-corrected chi connectivity index (χ4v) is 3.52. The second-order valence-electron chi connectivity index (χ2n) is 8.09. The Labute approximate surface area is 190 Å². The Morgan fingerprint density at radius 3 is 2.38 bits per heavy atom. The SMILES string of the molecule is CCCCCCC[C@H](O)c1nc2ccccc2nc1/C=C/[C@@H](O)[C@@H](O)CCCC(=O)OC. The van der Waals surface area contributed by atoms with Gasteiger partial charge >= 0.3 is 5.97 Å². The second-order valence-corrected chi connectivity index (χ2v) is 8.09. The number of carbonyl (C=O) groups excluding carboxylic acids is 1. The van der Waals surface area contributed by atoms with Crippen LogP contribution in [0.4, 0.5) is 0 Å². The number of methoxy groups -OCH3 is 1. The predicted octanol–water partition coefficient (Wildman–Crippen LogP) is 4.10. The van der Waals surface area contributed by atoms with Gasteiger partial charge in [-0.25, -0.2) is 9.97 Å². The van der Waals surface area contributed by atoms with Gasteiger partial charge in [-0.2, -0.15) is 0 Å². The molecule has 1 heterocycles. The minimum absolute atomic E-state index is 0.189. The lowest BCUT2D eigenvalue weighted by atomic mass is 10.0. The molecule has 0 bridgehead atoms. The van der Waals surface area contributed by atoms with E-state index in [0.29, 0.717) is 35.3 Å². The van der Waals surface area contributed by atoms with E-state index in [4.69, 9.17) is 0 Å². The normalized spacial score (nSPS) is 14.5. The van der Waals surface area contributed by atoms with Gasteiger partial charge in [0.15, 0.2) is 0 Å². The van der Waals surface area contributed by atoms with E-state index in [-0.39, 0.29) is 18.8 Å². The molecule has 3 N–H and O–H groups in total. The first-order valence-corrected chi connectivity index (χ1v) is 11.5. The van der Waals surface area contributed by atoms with Gasteiger partial charge in [0.25, 0.3) is 0 Å². The van der Waals surface area contributed by atoms with Crippen LogP contribution < -0.4 is 0 Å².